The smallest absolute Gasteiger partial charge is 0.271 e. The van der Waals surface area contributed by atoms with Crippen LogP contribution in [0.3, 0.4) is 0 Å². The van der Waals surface area contributed by atoms with E-state index in [2.05, 4.69) is 15.5 Å². The Kier molecular flexibility index (Phi) is 3.83. The third kappa shape index (κ3) is 3.02. The number of aliphatic hydroxyl groups is 1. The summed E-state index contributed by atoms with van der Waals surface area (Å²) in [6, 6.07) is 6.45. The topological polar surface area (TPSA) is 87.7 Å². The molecule has 0 atom stereocenters. The average Bonchev–Trinajstić information content (AvgIpc) is 2.87. The third-order valence-corrected chi connectivity index (χ3v) is 2.14. The number of rotatable bonds is 4. The highest BCUT2D eigenvalue weighted by atomic mass is 16.4. The van der Waals surface area contributed by atoms with Crippen LogP contribution in [0.2, 0.25) is 0 Å². The third-order valence-electron chi connectivity index (χ3n) is 2.14. The van der Waals surface area contributed by atoms with Gasteiger partial charge in [0.1, 0.15) is 18.1 Å². The van der Waals surface area contributed by atoms with E-state index < -0.39 is 0 Å². The van der Waals surface area contributed by atoms with Crippen LogP contribution < -0.4 is 5.43 Å². The van der Waals surface area contributed by atoms with Crippen molar-refractivity contribution in [3.63, 3.8) is 0 Å². The van der Waals surface area contributed by atoms with Gasteiger partial charge in [0.15, 0.2) is 0 Å². The predicted molar refractivity (Wildman–Crippen MR) is 63.9 cm³/mol. The molecular formula is C12H11N3O3. The van der Waals surface area contributed by atoms with Gasteiger partial charge in [0.25, 0.3) is 5.91 Å². The SMILES string of the molecule is O=C(N/N=C/c1ccc(CO)o1)c1ccncc1. The van der Waals surface area contributed by atoms with E-state index in [0.29, 0.717) is 17.1 Å². The van der Waals surface area contributed by atoms with Gasteiger partial charge in [0.2, 0.25) is 0 Å². The van der Waals surface area contributed by atoms with Gasteiger partial charge in [-0.1, -0.05) is 0 Å². The van der Waals surface area contributed by atoms with E-state index >= 15 is 0 Å². The molecular weight excluding hydrogens is 234 g/mol. The minimum atomic E-state index is -0.331. The van der Waals surface area contributed by atoms with E-state index in [-0.39, 0.29) is 12.5 Å². The number of carbonyl (C=O) groups is 1. The van der Waals surface area contributed by atoms with Crippen LogP contribution in [0.1, 0.15) is 21.9 Å². The maximum Gasteiger partial charge on any atom is 0.271 e. The summed E-state index contributed by atoms with van der Waals surface area (Å²) in [5.74, 6) is 0.563. The molecule has 0 fully saturated rings. The molecule has 2 rings (SSSR count). The maximum atomic E-state index is 11.6. The van der Waals surface area contributed by atoms with Crippen molar-refractivity contribution < 1.29 is 14.3 Å². The lowest BCUT2D eigenvalue weighted by Gasteiger charge is -1.97. The summed E-state index contributed by atoms with van der Waals surface area (Å²) in [4.78, 5) is 15.4. The normalized spacial score (nSPS) is 10.7. The number of amides is 1. The van der Waals surface area contributed by atoms with Crippen LogP contribution in [-0.2, 0) is 6.61 Å². The zero-order chi connectivity index (χ0) is 12.8. The lowest BCUT2D eigenvalue weighted by molar-refractivity contribution is 0.0955. The minimum absolute atomic E-state index is 0.169. The number of nitrogens with one attached hydrogen (secondary N) is 1. The highest BCUT2D eigenvalue weighted by Gasteiger charge is 2.02. The molecule has 0 unspecified atom stereocenters. The Balaban J connectivity index is 1.93. The first-order chi connectivity index (χ1) is 8.79. The van der Waals surface area contributed by atoms with Crippen LogP contribution in [0, 0.1) is 0 Å². The van der Waals surface area contributed by atoms with Gasteiger partial charge in [-0.25, -0.2) is 5.43 Å². The molecule has 2 aromatic heterocycles. The van der Waals surface area contributed by atoms with E-state index in [0.717, 1.165) is 0 Å². The number of hydrazone groups is 1. The molecule has 2 heterocycles. The number of carbonyl (C=O) groups excluding carboxylic acids is 1. The van der Waals surface area contributed by atoms with Crippen molar-refractivity contribution in [2.75, 3.05) is 0 Å². The summed E-state index contributed by atoms with van der Waals surface area (Å²) >= 11 is 0. The molecule has 0 spiro atoms. The minimum Gasteiger partial charge on any atom is -0.458 e. The lowest BCUT2D eigenvalue weighted by atomic mass is 10.3. The number of nitrogens with zero attached hydrogens (tertiary/aromatic N) is 2. The van der Waals surface area contributed by atoms with Crippen molar-refractivity contribution in [2.45, 2.75) is 6.61 Å². The Bertz CT molecular complexity index is 549. The second-order valence-corrected chi connectivity index (χ2v) is 3.40. The van der Waals surface area contributed by atoms with Crippen molar-refractivity contribution in [2.24, 2.45) is 5.10 Å². The van der Waals surface area contributed by atoms with Gasteiger partial charge in [-0.05, 0) is 24.3 Å². The quantitative estimate of drug-likeness (QED) is 0.619. The summed E-state index contributed by atoms with van der Waals surface area (Å²) in [6.07, 6.45) is 4.41. The number of aliphatic hydroxyl groups excluding tert-OH is 1. The average molecular weight is 245 g/mol. The second kappa shape index (κ2) is 5.74. The zero-order valence-electron chi connectivity index (χ0n) is 9.41. The summed E-state index contributed by atoms with van der Waals surface area (Å²) in [7, 11) is 0. The Hall–Kier alpha value is -2.47. The Labute approximate surface area is 103 Å². The fourth-order valence-corrected chi connectivity index (χ4v) is 1.27. The number of hydrogen-bond acceptors (Lipinski definition) is 5. The van der Waals surface area contributed by atoms with Crippen LogP contribution in [0.15, 0.2) is 46.2 Å². The van der Waals surface area contributed by atoms with E-state index in [4.69, 9.17) is 9.52 Å². The molecule has 2 aromatic rings. The first-order valence-electron chi connectivity index (χ1n) is 5.22. The molecule has 2 N–H and O–H groups in total. The van der Waals surface area contributed by atoms with E-state index in [1.54, 1.807) is 24.3 Å². The summed E-state index contributed by atoms with van der Waals surface area (Å²) in [5.41, 5.74) is 2.82. The number of hydrogen-bond donors (Lipinski definition) is 2. The molecule has 0 radical (unpaired) electrons. The highest BCUT2D eigenvalue weighted by molar-refractivity contribution is 5.94. The standard InChI is InChI=1S/C12H11N3O3/c16-8-11-2-1-10(18-11)7-14-15-12(17)9-3-5-13-6-4-9/h1-7,16H,8H2,(H,15,17)/b14-7+. The first-order valence-corrected chi connectivity index (χ1v) is 5.22. The molecule has 18 heavy (non-hydrogen) atoms. The Morgan fingerprint density at radius 2 is 2.17 bits per heavy atom. The van der Waals surface area contributed by atoms with Gasteiger partial charge in [0, 0.05) is 18.0 Å². The van der Waals surface area contributed by atoms with Crippen LogP contribution in [0.25, 0.3) is 0 Å². The van der Waals surface area contributed by atoms with Crippen molar-refractivity contribution in [1.29, 1.82) is 0 Å². The lowest BCUT2D eigenvalue weighted by Crippen LogP contribution is -2.17. The molecule has 0 aliphatic heterocycles. The molecule has 0 aliphatic rings. The van der Waals surface area contributed by atoms with Crippen molar-refractivity contribution >= 4 is 12.1 Å². The Morgan fingerprint density at radius 1 is 1.39 bits per heavy atom. The van der Waals surface area contributed by atoms with Gasteiger partial charge in [-0.2, -0.15) is 5.10 Å². The number of pyridine rings is 1. The molecule has 0 saturated heterocycles. The van der Waals surface area contributed by atoms with Crippen molar-refractivity contribution in [3.05, 3.63) is 53.7 Å². The molecule has 0 bridgehead atoms. The largest absolute Gasteiger partial charge is 0.458 e. The van der Waals surface area contributed by atoms with Gasteiger partial charge >= 0.3 is 0 Å². The fourth-order valence-electron chi connectivity index (χ4n) is 1.27. The van der Waals surface area contributed by atoms with Gasteiger partial charge in [-0.3, -0.25) is 9.78 Å². The number of aromatic nitrogens is 1. The molecule has 92 valence electrons. The predicted octanol–water partition coefficient (Wildman–Crippen LogP) is 0.931. The molecule has 6 nitrogen and oxygen atoms in total. The van der Waals surface area contributed by atoms with Gasteiger partial charge in [-0.15, -0.1) is 0 Å². The molecule has 1 amide bonds. The van der Waals surface area contributed by atoms with Gasteiger partial charge in [0.05, 0.1) is 6.21 Å². The van der Waals surface area contributed by atoms with Crippen LogP contribution in [0.4, 0.5) is 0 Å². The summed E-state index contributed by atoms with van der Waals surface area (Å²) < 4.78 is 5.16. The monoisotopic (exact) mass is 245 g/mol. The van der Waals surface area contributed by atoms with Crippen molar-refractivity contribution in [1.82, 2.24) is 10.4 Å². The molecule has 0 aromatic carbocycles. The van der Waals surface area contributed by atoms with Crippen molar-refractivity contribution in [3.8, 4) is 0 Å². The molecule has 0 saturated carbocycles. The zero-order valence-corrected chi connectivity index (χ0v) is 9.41. The first kappa shape index (κ1) is 12.0. The van der Waals surface area contributed by atoms with Gasteiger partial charge < -0.3 is 9.52 Å². The Morgan fingerprint density at radius 3 is 2.83 bits per heavy atom. The molecule has 0 aliphatic carbocycles. The van der Waals surface area contributed by atoms with Crippen LogP contribution >= 0.6 is 0 Å². The summed E-state index contributed by atoms with van der Waals surface area (Å²) in [6.45, 7) is -0.169. The summed E-state index contributed by atoms with van der Waals surface area (Å²) in [5, 5.41) is 12.5. The van der Waals surface area contributed by atoms with E-state index in [1.807, 2.05) is 0 Å². The highest BCUT2D eigenvalue weighted by Crippen LogP contribution is 2.04. The number of furan rings is 1. The van der Waals surface area contributed by atoms with E-state index in [9.17, 15) is 4.79 Å². The fraction of sp³-hybridized carbons (Fsp3) is 0.0833. The molecule has 6 heteroatoms. The van der Waals surface area contributed by atoms with Crippen LogP contribution in [0.5, 0.6) is 0 Å². The van der Waals surface area contributed by atoms with E-state index in [1.165, 1.54) is 18.6 Å². The second-order valence-electron chi connectivity index (χ2n) is 3.40. The maximum absolute atomic E-state index is 11.6. The van der Waals surface area contributed by atoms with Crippen LogP contribution in [-0.4, -0.2) is 22.2 Å².